The second kappa shape index (κ2) is 5.44. The van der Waals surface area contributed by atoms with Gasteiger partial charge in [-0.1, -0.05) is 50.0 Å². The van der Waals surface area contributed by atoms with E-state index in [1.165, 1.54) is 5.56 Å². The molecule has 2 nitrogen and oxygen atoms in total. The summed E-state index contributed by atoms with van der Waals surface area (Å²) in [6.07, 6.45) is 3.52. The highest BCUT2D eigenvalue weighted by Crippen LogP contribution is 2.47. The SMILES string of the molecule is CC(C#C[C@@]1(O)c2ccccc2CCC1(C)C)=CCO. The molecule has 0 fully saturated rings. The minimum atomic E-state index is -1.15. The van der Waals surface area contributed by atoms with Crippen molar-refractivity contribution in [3.8, 4) is 11.8 Å². The number of hydrogen-bond acceptors (Lipinski definition) is 2. The van der Waals surface area contributed by atoms with Crippen molar-refractivity contribution in [1.82, 2.24) is 0 Å². The minimum Gasteiger partial charge on any atom is -0.392 e. The van der Waals surface area contributed by atoms with E-state index in [1.807, 2.05) is 25.1 Å². The van der Waals surface area contributed by atoms with Crippen LogP contribution in [0.3, 0.4) is 0 Å². The molecule has 1 aromatic rings. The van der Waals surface area contributed by atoms with Crippen molar-refractivity contribution in [3.63, 3.8) is 0 Å². The van der Waals surface area contributed by atoms with Gasteiger partial charge in [0, 0.05) is 5.41 Å². The molecule has 2 N–H and O–H groups in total. The normalized spacial score (nSPS) is 24.6. The monoisotopic (exact) mass is 270 g/mol. The average molecular weight is 270 g/mol. The Hall–Kier alpha value is -1.56. The summed E-state index contributed by atoms with van der Waals surface area (Å²) >= 11 is 0. The number of aliphatic hydroxyl groups excluding tert-OH is 1. The van der Waals surface area contributed by atoms with Gasteiger partial charge in [0.1, 0.15) is 0 Å². The zero-order valence-electron chi connectivity index (χ0n) is 12.4. The van der Waals surface area contributed by atoms with Crippen LogP contribution in [0.2, 0.25) is 0 Å². The highest BCUT2D eigenvalue weighted by Gasteiger charge is 2.47. The van der Waals surface area contributed by atoms with Gasteiger partial charge in [-0.15, -0.1) is 0 Å². The molecule has 1 aliphatic rings. The van der Waals surface area contributed by atoms with E-state index in [0.717, 1.165) is 24.0 Å². The predicted octanol–water partition coefficient (Wildman–Crippen LogP) is 2.79. The van der Waals surface area contributed by atoms with Crippen LogP contribution >= 0.6 is 0 Å². The number of fused-ring (bicyclic) bond motifs is 1. The summed E-state index contributed by atoms with van der Waals surface area (Å²) in [6, 6.07) is 7.98. The molecule has 0 amide bonds. The number of allylic oxidation sites excluding steroid dienone is 1. The molecule has 2 heteroatoms. The van der Waals surface area contributed by atoms with Crippen LogP contribution in [0.25, 0.3) is 0 Å². The summed E-state index contributed by atoms with van der Waals surface area (Å²) in [5.74, 6) is 6.05. The molecule has 1 aliphatic carbocycles. The third kappa shape index (κ3) is 2.52. The molecular weight excluding hydrogens is 248 g/mol. The van der Waals surface area contributed by atoms with E-state index in [1.54, 1.807) is 6.08 Å². The highest BCUT2D eigenvalue weighted by atomic mass is 16.3. The Morgan fingerprint density at radius 1 is 1.35 bits per heavy atom. The van der Waals surface area contributed by atoms with Crippen LogP contribution in [-0.2, 0) is 12.0 Å². The zero-order valence-corrected chi connectivity index (χ0v) is 12.4. The van der Waals surface area contributed by atoms with Crippen molar-refractivity contribution < 1.29 is 10.2 Å². The summed E-state index contributed by atoms with van der Waals surface area (Å²) in [7, 11) is 0. The quantitative estimate of drug-likeness (QED) is 0.770. The van der Waals surface area contributed by atoms with E-state index in [4.69, 9.17) is 5.11 Å². The molecule has 0 radical (unpaired) electrons. The first-order chi connectivity index (χ1) is 9.40. The number of aliphatic hydroxyl groups is 2. The topological polar surface area (TPSA) is 40.5 Å². The Bertz CT molecular complexity index is 587. The van der Waals surface area contributed by atoms with E-state index in [9.17, 15) is 5.11 Å². The fourth-order valence-electron chi connectivity index (χ4n) is 2.70. The molecule has 0 spiro atoms. The highest BCUT2D eigenvalue weighted by molar-refractivity contribution is 5.45. The Balaban J connectivity index is 2.53. The molecule has 20 heavy (non-hydrogen) atoms. The van der Waals surface area contributed by atoms with Gasteiger partial charge >= 0.3 is 0 Å². The van der Waals surface area contributed by atoms with Crippen molar-refractivity contribution >= 4 is 0 Å². The maximum atomic E-state index is 11.2. The molecule has 2 rings (SSSR count). The molecule has 0 aliphatic heterocycles. The largest absolute Gasteiger partial charge is 0.392 e. The third-order valence-corrected chi connectivity index (χ3v) is 4.24. The van der Waals surface area contributed by atoms with Crippen molar-refractivity contribution in [2.24, 2.45) is 5.41 Å². The van der Waals surface area contributed by atoms with Crippen LogP contribution in [0.1, 0.15) is 38.3 Å². The lowest BCUT2D eigenvalue weighted by atomic mass is 9.63. The van der Waals surface area contributed by atoms with Gasteiger partial charge in [-0.25, -0.2) is 0 Å². The van der Waals surface area contributed by atoms with Crippen LogP contribution in [0.15, 0.2) is 35.9 Å². The molecule has 106 valence electrons. The minimum absolute atomic E-state index is 0.0288. The number of benzene rings is 1. The van der Waals surface area contributed by atoms with Crippen LogP contribution in [-0.4, -0.2) is 16.8 Å². The van der Waals surface area contributed by atoms with Crippen LogP contribution in [0.5, 0.6) is 0 Å². The maximum absolute atomic E-state index is 11.2. The van der Waals surface area contributed by atoms with Crippen molar-refractivity contribution in [2.75, 3.05) is 6.61 Å². The first-order valence-corrected chi connectivity index (χ1v) is 7.02. The lowest BCUT2D eigenvalue weighted by molar-refractivity contribution is -0.0337. The lowest BCUT2D eigenvalue weighted by Crippen LogP contribution is -2.44. The smallest absolute Gasteiger partial charge is 0.156 e. The summed E-state index contributed by atoms with van der Waals surface area (Å²) in [5.41, 5.74) is 1.42. The average Bonchev–Trinajstić information content (AvgIpc) is 2.42. The molecule has 1 atom stereocenters. The molecule has 1 aromatic carbocycles. The Kier molecular flexibility index (Phi) is 4.04. The predicted molar refractivity (Wildman–Crippen MR) is 81.1 cm³/mol. The first kappa shape index (κ1) is 14.8. The van der Waals surface area contributed by atoms with Gasteiger partial charge in [0.05, 0.1) is 6.61 Å². The summed E-state index contributed by atoms with van der Waals surface area (Å²) in [4.78, 5) is 0. The number of aryl methyl sites for hydroxylation is 1. The molecule has 0 unspecified atom stereocenters. The maximum Gasteiger partial charge on any atom is 0.156 e. The Morgan fingerprint density at radius 3 is 2.75 bits per heavy atom. The van der Waals surface area contributed by atoms with Crippen molar-refractivity contribution in [3.05, 3.63) is 47.0 Å². The fourth-order valence-corrected chi connectivity index (χ4v) is 2.70. The van der Waals surface area contributed by atoms with Crippen LogP contribution in [0, 0.1) is 17.3 Å². The molecule has 0 heterocycles. The van der Waals surface area contributed by atoms with Gasteiger partial charge in [-0.2, -0.15) is 0 Å². The molecule has 0 saturated heterocycles. The van der Waals surface area contributed by atoms with E-state index in [0.29, 0.717) is 0 Å². The fraction of sp³-hybridized carbons (Fsp3) is 0.444. The zero-order chi connectivity index (χ0) is 14.8. The molecular formula is C18H22O2. The number of rotatable bonds is 1. The van der Waals surface area contributed by atoms with Crippen molar-refractivity contribution in [1.29, 1.82) is 0 Å². The van der Waals surface area contributed by atoms with Gasteiger partial charge < -0.3 is 10.2 Å². The summed E-state index contributed by atoms with van der Waals surface area (Å²) in [5, 5.41) is 20.1. The standard InChI is InChI=1S/C18H22O2/c1-14(10-13-19)8-12-18(20)16-7-5-4-6-15(16)9-11-17(18,2)3/h4-7,10,19-20H,9,11,13H2,1-3H3/t18-/m1/s1. The van der Waals surface area contributed by atoms with Gasteiger partial charge in [-0.3, -0.25) is 0 Å². The van der Waals surface area contributed by atoms with E-state index in [2.05, 4.69) is 31.8 Å². The van der Waals surface area contributed by atoms with Gasteiger partial charge in [0.2, 0.25) is 0 Å². The number of hydrogen-bond donors (Lipinski definition) is 2. The van der Waals surface area contributed by atoms with Gasteiger partial charge in [0.25, 0.3) is 0 Å². The summed E-state index contributed by atoms with van der Waals surface area (Å²) < 4.78 is 0. The van der Waals surface area contributed by atoms with E-state index in [-0.39, 0.29) is 12.0 Å². The van der Waals surface area contributed by atoms with Gasteiger partial charge in [-0.05, 0) is 42.5 Å². The Morgan fingerprint density at radius 2 is 2.05 bits per heavy atom. The second-order valence-corrected chi connectivity index (χ2v) is 6.07. The Labute approximate surface area is 121 Å². The second-order valence-electron chi connectivity index (χ2n) is 6.07. The van der Waals surface area contributed by atoms with E-state index < -0.39 is 5.60 Å². The third-order valence-electron chi connectivity index (χ3n) is 4.24. The van der Waals surface area contributed by atoms with Crippen LogP contribution in [0.4, 0.5) is 0 Å². The molecule has 0 aromatic heterocycles. The van der Waals surface area contributed by atoms with Gasteiger partial charge in [0.15, 0.2) is 5.60 Å². The molecule has 0 saturated carbocycles. The van der Waals surface area contributed by atoms with E-state index >= 15 is 0 Å². The lowest BCUT2D eigenvalue weighted by Gasteiger charge is -2.44. The summed E-state index contributed by atoms with van der Waals surface area (Å²) in [6.45, 7) is 5.93. The first-order valence-electron chi connectivity index (χ1n) is 7.02. The van der Waals surface area contributed by atoms with Crippen molar-refractivity contribution in [2.45, 2.75) is 39.2 Å². The molecule has 0 bridgehead atoms. The van der Waals surface area contributed by atoms with Crippen LogP contribution < -0.4 is 0 Å².